The first-order valence-corrected chi connectivity index (χ1v) is 11.2. The zero-order valence-corrected chi connectivity index (χ0v) is 17.4. The van der Waals surface area contributed by atoms with Crippen molar-refractivity contribution in [2.75, 3.05) is 31.1 Å². The lowest BCUT2D eigenvalue weighted by Crippen LogP contribution is -2.48. The Morgan fingerprint density at radius 2 is 2.00 bits per heavy atom. The van der Waals surface area contributed by atoms with Gasteiger partial charge in [0.05, 0.1) is 4.88 Å². The van der Waals surface area contributed by atoms with Gasteiger partial charge < -0.3 is 9.80 Å². The molecule has 0 bridgehead atoms. The van der Waals surface area contributed by atoms with E-state index in [9.17, 15) is 4.79 Å². The van der Waals surface area contributed by atoms with Crippen LogP contribution in [-0.2, 0) is 12.8 Å². The fourth-order valence-electron chi connectivity index (χ4n) is 3.46. The van der Waals surface area contributed by atoms with Crippen LogP contribution in [0.4, 0.5) is 5.13 Å². The molecular weight excluding hydrogens is 376 g/mol. The number of anilines is 1. The quantitative estimate of drug-likeness (QED) is 0.643. The van der Waals surface area contributed by atoms with Crippen LogP contribution in [0.5, 0.6) is 0 Å². The Balaban J connectivity index is 1.43. The van der Waals surface area contributed by atoms with Crippen LogP contribution in [0.25, 0.3) is 10.3 Å². The standard InChI is InChI=1S/C20H24N4OS2/c1-3-6-16-14(4-2)13-17(26-16)19(25)23-9-11-24(12-10-23)20-22-15-7-5-8-21-18(15)27-20/h5,7-8,13H,3-4,6,9-12H2,1-2H3. The van der Waals surface area contributed by atoms with Crippen LogP contribution in [0.3, 0.4) is 0 Å². The average molecular weight is 401 g/mol. The molecule has 4 heterocycles. The van der Waals surface area contributed by atoms with Gasteiger partial charge in [-0.05, 0) is 36.6 Å². The predicted octanol–water partition coefficient (Wildman–Crippen LogP) is 4.23. The number of carbonyl (C=O) groups is 1. The molecule has 3 aromatic heterocycles. The number of piperazine rings is 1. The topological polar surface area (TPSA) is 49.3 Å². The van der Waals surface area contributed by atoms with Crippen molar-refractivity contribution in [3.05, 3.63) is 39.7 Å². The number of thiophene rings is 1. The summed E-state index contributed by atoms with van der Waals surface area (Å²) in [5.74, 6) is 0.183. The Bertz CT molecular complexity index is 908. The summed E-state index contributed by atoms with van der Waals surface area (Å²) >= 11 is 3.31. The highest BCUT2D eigenvalue weighted by atomic mass is 32.1. The molecule has 5 nitrogen and oxygen atoms in total. The molecule has 0 aliphatic carbocycles. The summed E-state index contributed by atoms with van der Waals surface area (Å²) in [5, 5.41) is 1.01. The van der Waals surface area contributed by atoms with Gasteiger partial charge >= 0.3 is 0 Å². The normalized spacial score (nSPS) is 14.9. The Hall–Kier alpha value is -1.99. The maximum atomic E-state index is 13.0. The number of thiazole rings is 1. The van der Waals surface area contributed by atoms with E-state index >= 15 is 0 Å². The van der Waals surface area contributed by atoms with E-state index in [4.69, 9.17) is 4.98 Å². The van der Waals surface area contributed by atoms with E-state index in [1.807, 2.05) is 17.0 Å². The van der Waals surface area contributed by atoms with Gasteiger partial charge in [-0.3, -0.25) is 4.79 Å². The lowest BCUT2D eigenvalue weighted by Gasteiger charge is -2.34. The number of nitrogens with zero attached hydrogens (tertiary/aromatic N) is 4. The van der Waals surface area contributed by atoms with Crippen LogP contribution >= 0.6 is 22.7 Å². The first kappa shape index (κ1) is 18.4. The van der Waals surface area contributed by atoms with Crippen LogP contribution in [-0.4, -0.2) is 47.0 Å². The summed E-state index contributed by atoms with van der Waals surface area (Å²) in [6, 6.07) is 6.03. The van der Waals surface area contributed by atoms with Crippen molar-refractivity contribution in [1.82, 2.24) is 14.9 Å². The lowest BCUT2D eigenvalue weighted by molar-refractivity contribution is 0.0751. The molecular formula is C20H24N4OS2. The second kappa shape index (κ2) is 7.94. The average Bonchev–Trinajstić information content (AvgIpc) is 3.32. The van der Waals surface area contributed by atoms with E-state index in [0.717, 1.165) is 65.8 Å². The van der Waals surface area contributed by atoms with Crippen molar-refractivity contribution in [3.8, 4) is 0 Å². The van der Waals surface area contributed by atoms with E-state index in [1.165, 1.54) is 10.4 Å². The molecule has 1 aliphatic rings. The van der Waals surface area contributed by atoms with E-state index in [-0.39, 0.29) is 5.91 Å². The largest absolute Gasteiger partial charge is 0.344 e. The van der Waals surface area contributed by atoms with Gasteiger partial charge in [0.15, 0.2) is 5.13 Å². The fourth-order valence-corrected chi connectivity index (χ4v) is 5.74. The summed E-state index contributed by atoms with van der Waals surface area (Å²) in [5.41, 5.74) is 2.29. The second-order valence-electron chi connectivity index (χ2n) is 6.77. The number of fused-ring (bicyclic) bond motifs is 1. The van der Waals surface area contributed by atoms with Crippen LogP contribution in [0.2, 0.25) is 0 Å². The van der Waals surface area contributed by atoms with Gasteiger partial charge in [0, 0.05) is 37.3 Å². The SMILES string of the molecule is CCCc1sc(C(=O)N2CCN(c3nc4cccnc4s3)CC2)cc1CC. The zero-order valence-electron chi connectivity index (χ0n) is 15.8. The summed E-state index contributed by atoms with van der Waals surface area (Å²) in [4.78, 5) is 29.5. The third kappa shape index (κ3) is 3.71. The van der Waals surface area contributed by atoms with Crippen molar-refractivity contribution >= 4 is 44.1 Å². The van der Waals surface area contributed by atoms with E-state index in [0.29, 0.717) is 0 Å². The molecule has 1 saturated heterocycles. The molecule has 0 aromatic carbocycles. The summed E-state index contributed by atoms with van der Waals surface area (Å²) < 4.78 is 0. The Morgan fingerprint density at radius 3 is 2.70 bits per heavy atom. The maximum Gasteiger partial charge on any atom is 0.264 e. The number of rotatable bonds is 5. The molecule has 1 aliphatic heterocycles. The van der Waals surface area contributed by atoms with Crippen LogP contribution in [0, 0.1) is 0 Å². The molecule has 0 radical (unpaired) electrons. The highest BCUT2D eigenvalue weighted by Crippen LogP contribution is 2.29. The molecule has 3 aromatic rings. The molecule has 7 heteroatoms. The molecule has 1 fully saturated rings. The van der Waals surface area contributed by atoms with Crippen molar-refractivity contribution in [2.24, 2.45) is 0 Å². The number of amides is 1. The van der Waals surface area contributed by atoms with Crippen molar-refractivity contribution < 1.29 is 4.79 Å². The van der Waals surface area contributed by atoms with Gasteiger partial charge in [-0.15, -0.1) is 11.3 Å². The predicted molar refractivity (Wildman–Crippen MR) is 113 cm³/mol. The number of hydrogen-bond acceptors (Lipinski definition) is 6. The Kier molecular flexibility index (Phi) is 5.41. The monoisotopic (exact) mass is 400 g/mol. The number of hydrogen-bond donors (Lipinski definition) is 0. The van der Waals surface area contributed by atoms with Crippen LogP contribution < -0.4 is 4.90 Å². The van der Waals surface area contributed by atoms with Gasteiger partial charge in [0.25, 0.3) is 5.91 Å². The van der Waals surface area contributed by atoms with Gasteiger partial charge in [-0.1, -0.05) is 31.6 Å². The minimum atomic E-state index is 0.183. The molecule has 0 atom stereocenters. The minimum absolute atomic E-state index is 0.183. The smallest absolute Gasteiger partial charge is 0.264 e. The molecule has 0 spiro atoms. The highest BCUT2D eigenvalue weighted by Gasteiger charge is 2.25. The van der Waals surface area contributed by atoms with Crippen LogP contribution in [0.15, 0.2) is 24.4 Å². The van der Waals surface area contributed by atoms with E-state index in [2.05, 4.69) is 29.8 Å². The molecule has 27 heavy (non-hydrogen) atoms. The summed E-state index contributed by atoms with van der Waals surface area (Å²) in [7, 11) is 0. The van der Waals surface area contributed by atoms with Gasteiger partial charge in [-0.2, -0.15) is 0 Å². The third-order valence-electron chi connectivity index (χ3n) is 4.96. The molecule has 1 amide bonds. The molecule has 142 valence electrons. The summed E-state index contributed by atoms with van der Waals surface area (Å²) in [6.07, 6.45) is 5.00. The Morgan fingerprint density at radius 1 is 1.19 bits per heavy atom. The molecule has 0 unspecified atom stereocenters. The number of aryl methyl sites for hydroxylation is 2. The number of pyridine rings is 1. The first-order chi connectivity index (χ1) is 13.2. The molecule has 4 rings (SSSR count). The number of aromatic nitrogens is 2. The van der Waals surface area contributed by atoms with Crippen molar-refractivity contribution in [3.63, 3.8) is 0 Å². The third-order valence-corrected chi connectivity index (χ3v) is 7.22. The van der Waals surface area contributed by atoms with Gasteiger partial charge in [-0.25, -0.2) is 9.97 Å². The zero-order chi connectivity index (χ0) is 18.8. The van der Waals surface area contributed by atoms with Gasteiger partial charge in [0.2, 0.25) is 0 Å². The highest BCUT2D eigenvalue weighted by molar-refractivity contribution is 7.21. The van der Waals surface area contributed by atoms with E-state index in [1.54, 1.807) is 28.9 Å². The van der Waals surface area contributed by atoms with Crippen LogP contribution in [0.1, 0.15) is 40.4 Å². The molecule has 0 N–H and O–H groups in total. The van der Waals surface area contributed by atoms with Crippen molar-refractivity contribution in [2.45, 2.75) is 33.1 Å². The van der Waals surface area contributed by atoms with Gasteiger partial charge in [0.1, 0.15) is 10.3 Å². The second-order valence-corrected chi connectivity index (χ2v) is 8.86. The van der Waals surface area contributed by atoms with E-state index < -0.39 is 0 Å². The number of carbonyl (C=O) groups excluding carboxylic acids is 1. The lowest BCUT2D eigenvalue weighted by atomic mass is 10.1. The fraction of sp³-hybridized carbons (Fsp3) is 0.450. The molecule has 0 saturated carbocycles. The minimum Gasteiger partial charge on any atom is -0.344 e. The summed E-state index contributed by atoms with van der Waals surface area (Å²) in [6.45, 7) is 7.48. The van der Waals surface area contributed by atoms with Crippen molar-refractivity contribution in [1.29, 1.82) is 0 Å². The first-order valence-electron chi connectivity index (χ1n) is 9.57. The maximum absolute atomic E-state index is 13.0. The Labute approximate surface area is 167 Å².